The van der Waals surface area contributed by atoms with Crippen LogP contribution in [0.5, 0.6) is 0 Å². The third kappa shape index (κ3) is 4.49. The number of piperazine rings is 1. The van der Waals surface area contributed by atoms with Crippen molar-refractivity contribution in [2.24, 2.45) is 0 Å². The zero-order chi connectivity index (χ0) is 15.8. The maximum atomic E-state index is 12.3. The number of alkyl halides is 3. The molecule has 0 radical (unpaired) electrons. The second kappa shape index (κ2) is 5.66. The first kappa shape index (κ1) is 16.4. The molecule has 1 saturated heterocycles. The minimum atomic E-state index is -4.14. The summed E-state index contributed by atoms with van der Waals surface area (Å²) >= 11 is 0. The summed E-state index contributed by atoms with van der Waals surface area (Å²) in [6, 6.07) is -0.229. The Bertz CT molecular complexity index is 396. The first-order valence-corrected chi connectivity index (χ1v) is 7.40. The van der Waals surface area contributed by atoms with Crippen molar-refractivity contribution < 1.29 is 22.7 Å². The van der Waals surface area contributed by atoms with E-state index in [9.17, 15) is 18.0 Å². The van der Waals surface area contributed by atoms with Gasteiger partial charge in [-0.1, -0.05) is 0 Å². The first-order valence-electron chi connectivity index (χ1n) is 7.40. The van der Waals surface area contributed by atoms with E-state index in [2.05, 4.69) is 0 Å². The number of halogens is 3. The summed E-state index contributed by atoms with van der Waals surface area (Å²) < 4.78 is 42.4. The monoisotopic (exact) mass is 308 g/mol. The lowest BCUT2D eigenvalue weighted by Crippen LogP contribution is -2.58. The molecule has 0 aromatic rings. The van der Waals surface area contributed by atoms with Crippen molar-refractivity contribution in [2.75, 3.05) is 19.6 Å². The standard InChI is InChI=1S/C14H23F3N2O2/c1-10-9-19(12(20)21-13(3)4-5-13)11(2)8-18(10)7-6-14(15,16)17/h10-11H,4-9H2,1-3H3/t10-,11+/m1/s1. The Morgan fingerprint density at radius 1 is 1.24 bits per heavy atom. The van der Waals surface area contributed by atoms with Crippen LogP contribution in [0.25, 0.3) is 0 Å². The first-order chi connectivity index (χ1) is 9.60. The van der Waals surface area contributed by atoms with Gasteiger partial charge in [-0.15, -0.1) is 0 Å². The molecule has 1 aliphatic heterocycles. The molecule has 0 spiro atoms. The molecule has 122 valence electrons. The van der Waals surface area contributed by atoms with Gasteiger partial charge in [0.05, 0.1) is 6.42 Å². The van der Waals surface area contributed by atoms with Crippen molar-refractivity contribution in [3.8, 4) is 0 Å². The lowest BCUT2D eigenvalue weighted by atomic mass is 10.1. The summed E-state index contributed by atoms with van der Waals surface area (Å²) in [6.07, 6.45) is -3.53. The van der Waals surface area contributed by atoms with Gasteiger partial charge in [-0.2, -0.15) is 13.2 Å². The average Bonchev–Trinajstić information content (AvgIpc) is 3.06. The number of nitrogens with zero attached hydrogens (tertiary/aromatic N) is 2. The third-order valence-electron chi connectivity index (χ3n) is 4.32. The fourth-order valence-electron chi connectivity index (χ4n) is 2.58. The Morgan fingerprint density at radius 2 is 1.86 bits per heavy atom. The van der Waals surface area contributed by atoms with E-state index in [0.717, 1.165) is 12.8 Å². The van der Waals surface area contributed by atoms with Gasteiger partial charge in [-0.3, -0.25) is 4.90 Å². The van der Waals surface area contributed by atoms with Gasteiger partial charge in [-0.25, -0.2) is 4.79 Å². The van der Waals surface area contributed by atoms with Crippen molar-refractivity contribution in [1.29, 1.82) is 0 Å². The topological polar surface area (TPSA) is 32.8 Å². The summed E-state index contributed by atoms with van der Waals surface area (Å²) in [6.45, 7) is 6.44. The number of carbonyl (C=O) groups excluding carboxylic acids is 1. The van der Waals surface area contributed by atoms with Crippen LogP contribution in [0.3, 0.4) is 0 Å². The predicted molar refractivity (Wildman–Crippen MR) is 72.0 cm³/mol. The highest BCUT2D eigenvalue weighted by Gasteiger charge is 2.44. The van der Waals surface area contributed by atoms with E-state index in [1.54, 1.807) is 9.80 Å². The van der Waals surface area contributed by atoms with E-state index in [1.807, 2.05) is 20.8 Å². The van der Waals surface area contributed by atoms with Crippen LogP contribution in [0.1, 0.15) is 40.0 Å². The molecule has 2 fully saturated rings. The maximum absolute atomic E-state index is 12.3. The van der Waals surface area contributed by atoms with Crippen molar-refractivity contribution in [3.63, 3.8) is 0 Å². The van der Waals surface area contributed by atoms with E-state index < -0.39 is 12.6 Å². The van der Waals surface area contributed by atoms with Crippen LogP contribution in [-0.2, 0) is 4.74 Å². The van der Waals surface area contributed by atoms with Crippen LogP contribution in [-0.4, -0.2) is 59.4 Å². The normalized spacial score (nSPS) is 29.3. The predicted octanol–water partition coefficient (Wildman–Crippen LogP) is 3.02. The van der Waals surface area contributed by atoms with Gasteiger partial charge in [0.25, 0.3) is 0 Å². The summed E-state index contributed by atoms with van der Waals surface area (Å²) in [5, 5.41) is 0. The smallest absolute Gasteiger partial charge is 0.410 e. The molecule has 0 unspecified atom stereocenters. The molecule has 21 heavy (non-hydrogen) atoms. The van der Waals surface area contributed by atoms with Crippen molar-refractivity contribution in [1.82, 2.24) is 9.80 Å². The summed E-state index contributed by atoms with van der Waals surface area (Å²) in [7, 11) is 0. The van der Waals surface area contributed by atoms with Gasteiger partial charge in [0.2, 0.25) is 0 Å². The van der Waals surface area contributed by atoms with Crippen molar-refractivity contribution in [2.45, 2.75) is 63.9 Å². The Morgan fingerprint density at radius 3 is 2.38 bits per heavy atom. The van der Waals surface area contributed by atoms with Crippen LogP contribution in [0.15, 0.2) is 0 Å². The van der Waals surface area contributed by atoms with Gasteiger partial charge in [0.15, 0.2) is 0 Å². The zero-order valence-corrected chi connectivity index (χ0v) is 12.7. The largest absolute Gasteiger partial charge is 0.443 e. The number of hydrogen-bond donors (Lipinski definition) is 0. The Kier molecular flexibility index (Phi) is 4.42. The molecule has 0 aromatic heterocycles. The second-order valence-corrected chi connectivity index (χ2v) is 6.53. The van der Waals surface area contributed by atoms with Gasteiger partial charge < -0.3 is 9.64 Å². The minimum Gasteiger partial charge on any atom is -0.443 e. The molecule has 2 aliphatic rings. The van der Waals surface area contributed by atoms with Crippen molar-refractivity contribution in [3.05, 3.63) is 0 Å². The molecular formula is C14H23F3N2O2. The van der Waals surface area contributed by atoms with Gasteiger partial charge in [-0.05, 0) is 33.6 Å². The molecule has 1 saturated carbocycles. The molecule has 4 nitrogen and oxygen atoms in total. The third-order valence-corrected chi connectivity index (χ3v) is 4.32. The lowest BCUT2D eigenvalue weighted by Gasteiger charge is -2.43. The maximum Gasteiger partial charge on any atom is 0.410 e. The van der Waals surface area contributed by atoms with E-state index in [4.69, 9.17) is 4.74 Å². The van der Waals surface area contributed by atoms with Gasteiger partial charge in [0.1, 0.15) is 5.60 Å². The zero-order valence-electron chi connectivity index (χ0n) is 12.7. The Labute approximate surface area is 123 Å². The lowest BCUT2D eigenvalue weighted by molar-refractivity contribution is -0.141. The van der Waals surface area contributed by atoms with Crippen LogP contribution < -0.4 is 0 Å². The van der Waals surface area contributed by atoms with Crippen LogP contribution in [0.2, 0.25) is 0 Å². The number of hydrogen-bond acceptors (Lipinski definition) is 3. The minimum absolute atomic E-state index is 0.0182. The SMILES string of the molecule is C[C@@H]1CN(C(=O)OC2(C)CC2)[C@@H](C)CN1CCC(F)(F)F. The van der Waals surface area contributed by atoms with Crippen molar-refractivity contribution >= 4 is 6.09 Å². The van der Waals surface area contributed by atoms with Crippen LogP contribution in [0.4, 0.5) is 18.0 Å². The van der Waals surface area contributed by atoms with Gasteiger partial charge >= 0.3 is 12.3 Å². The molecule has 1 aliphatic carbocycles. The molecule has 2 rings (SSSR count). The molecule has 0 N–H and O–H groups in total. The highest BCUT2D eigenvalue weighted by Crippen LogP contribution is 2.39. The van der Waals surface area contributed by atoms with Crippen LogP contribution >= 0.6 is 0 Å². The molecule has 7 heteroatoms. The van der Waals surface area contributed by atoms with E-state index in [-0.39, 0.29) is 30.3 Å². The number of carbonyl (C=O) groups is 1. The number of amides is 1. The van der Waals surface area contributed by atoms with E-state index in [0.29, 0.717) is 13.1 Å². The summed E-state index contributed by atoms with van der Waals surface area (Å²) in [4.78, 5) is 15.6. The Hall–Kier alpha value is -0.980. The molecule has 2 atom stereocenters. The molecule has 0 bridgehead atoms. The number of rotatable bonds is 3. The number of ether oxygens (including phenoxy) is 1. The average molecular weight is 308 g/mol. The highest BCUT2D eigenvalue weighted by molar-refractivity contribution is 5.69. The summed E-state index contributed by atoms with van der Waals surface area (Å²) in [5.41, 5.74) is -0.326. The van der Waals surface area contributed by atoms with Crippen LogP contribution in [0, 0.1) is 0 Å². The summed E-state index contributed by atoms with van der Waals surface area (Å²) in [5.74, 6) is 0. The fraction of sp³-hybridized carbons (Fsp3) is 0.929. The fourth-order valence-corrected chi connectivity index (χ4v) is 2.58. The molecule has 0 aromatic carbocycles. The molecular weight excluding hydrogens is 285 g/mol. The Balaban J connectivity index is 1.87. The van der Waals surface area contributed by atoms with E-state index in [1.165, 1.54) is 0 Å². The quantitative estimate of drug-likeness (QED) is 0.803. The molecule has 1 heterocycles. The molecule has 1 amide bonds. The van der Waals surface area contributed by atoms with E-state index >= 15 is 0 Å². The second-order valence-electron chi connectivity index (χ2n) is 6.53. The van der Waals surface area contributed by atoms with Gasteiger partial charge in [0, 0.05) is 31.7 Å². The highest BCUT2D eigenvalue weighted by atomic mass is 19.4.